The summed E-state index contributed by atoms with van der Waals surface area (Å²) in [5.41, 5.74) is -0.764. The topological polar surface area (TPSA) is 80.5 Å². The standard InChI is InChI=1S/C10H11FN2O4S/c1-3-6-12(2)18(16,17)8-4-5-10(13(14)15)9(11)7-8/h3-5,7H,1,6H2,2H3. The van der Waals surface area contributed by atoms with Gasteiger partial charge in [0.2, 0.25) is 15.8 Å². The number of nitro benzene ring substituents is 1. The molecule has 0 spiro atoms. The molecule has 0 atom stereocenters. The number of hydrogen-bond donors (Lipinski definition) is 0. The molecule has 0 bridgehead atoms. The maximum Gasteiger partial charge on any atom is 0.304 e. The molecule has 0 aromatic heterocycles. The van der Waals surface area contributed by atoms with Crippen molar-refractivity contribution in [1.82, 2.24) is 4.31 Å². The van der Waals surface area contributed by atoms with E-state index in [1.165, 1.54) is 13.1 Å². The summed E-state index contributed by atoms with van der Waals surface area (Å²) in [6.45, 7) is 3.45. The van der Waals surface area contributed by atoms with Gasteiger partial charge in [0, 0.05) is 25.7 Å². The van der Waals surface area contributed by atoms with E-state index in [0.29, 0.717) is 6.07 Å². The van der Waals surface area contributed by atoms with Crippen LogP contribution >= 0.6 is 0 Å². The lowest BCUT2D eigenvalue weighted by Gasteiger charge is -2.14. The van der Waals surface area contributed by atoms with Crippen molar-refractivity contribution in [2.24, 2.45) is 0 Å². The van der Waals surface area contributed by atoms with Crippen LogP contribution < -0.4 is 0 Å². The molecule has 0 unspecified atom stereocenters. The molecule has 0 N–H and O–H groups in total. The Morgan fingerprint density at radius 3 is 2.61 bits per heavy atom. The van der Waals surface area contributed by atoms with Crippen molar-refractivity contribution in [3.8, 4) is 0 Å². The number of likely N-dealkylation sites (N-methyl/N-ethyl adjacent to an activating group) is 1. The maximum atomic E-state index is 13.3. The van der Waals surface area contributed by atoms with Gasteiger partial charge in [-0.1, -0.05) is 6.08 Å². The van der Waals surface area contributed by atoms with E-state index in [4.69, 9.17) is 0 Å². The van der Waals surface area contributed by atoms with Crippen molar-refractivity contribution in [2.45, 2.75) is 4.90 Å². The van der Waals surface area contributed by atoms with Gasteiger partial charge in [0.1, 0.15) is 0 Å². The number of benzene rings is 1. The molecule has 0 radical (unpaired) electrons. The Morgan fingerprint density at radius 1 is 1.56 bits per heavy atom. The van der Waals surface area contributed by atoms with E-state index in [-0.39, 0.29) is 11.4 Å². The SMILES string of the molecule is C=CCN(C)S(=O)(=O)c1ccc([N+](=O)[O-])c(F)c1. The lowest BCUT2D eigenvalue weighted by atomic mass is 10.3. The Labute approximate surface area is 104 Å². The van der Waals surface area contributed by atoms with Gasteiger partial charge in [-0.05, 0) is 6.07 Å². The van der Waals surface area contributed by atoms with E-state index < -0.39 is 26.5 Å². The minimum atomic E-state index is -3.87. The molecule has 6 nitrogen and oxygen atoms in total. The third kappa shape index (κ3) is 2.71. The Bertz CT molecular complexity index is 586. The summed E-state index contributed by atoms with van der Waals surface area (Å²) < 4.78 is 38.1. The van der Waals surface area contributed by atoms with E-state index in [0.717, 1.165) is 16.4 Å². The summed E-state index contributed by atoms with van der Waals surface area (Å²) >= 11 is 0. The molecule has 98 valence electrons. The van der Waals surface area contributed by atoms with Crippen molar-refractivity contribution in [2.75, 3.05) is 13.6 Å². The summed E-state index contributed by atoms with van der Waals surface area (Å²) in [4.78, 5) is 9.16. The zero-order chi connectivity index (χ0) is 13.9. The predicted octanol–water partition coefficient (Wildman–Crippen LogP) is 1.54. The van der Waals surface area contributed by atoms with Crippen molar-refractivity contribution >= 4 is 15.7 Å². The number of halogens is 1. The average molecular weight is 274 g/mol. The highest BCUT2D eigenvalue weighted by atomic mass is 32.2. The molecule has 18 heavy (non-hydrogen) atoms. The number of nitrogens with zero attached hydrogens (tertiary/aromatic N) is 2. The third-order valence-corrected chi connectivity index (χ3v) is 4.03. The van der Waals surface area contributed by atoms with E-state index >= 15 is 0 Å². The highest BCUT2D eigenvalue weighted by Gasteiger charge is 2.23. The van der Waals surface area contributed by atoms with Gasteiger partial charge in [0.25, 0.3) is 0 Å². The van der Waals surface area contributed by atoms with Crippen LogP contribution in [0.4, 0.5) is 10.1 Å². The molecule has 0 aliphatic rings. The van der Waals surface area contributed by atoms with Crippen molar-refractivity contribution in [3.05, 3.63) is 46.8 Å². The molecule has 0 saturated carbocycles. The summed E-state index contributed by atoms with van der Waals surface area (Å²) in [5.74, 6) is -1.19. The molecular weight excluding hydrogens is 263 g/mol. The van der Waals surface area contributed by atoms with E-state index in [1.807, 2.05) is 0 Å². The number of nitro groups is 1. The van der Waals surface area contributed by atoms with Gasteiger partial charge in [0.05, 0.1) is 9.82 Å². The Morgan fingerprint density at radius 2 is 2.17 bits per heavy atom. The summed E-state index contributed by atoms with van der Waals surface area (Å²) in [5, 5.41) is 10.4. The van der Waals surface area contributed by atoms with E-state index in [9.17, 15) is 22.9 Å². The monoisotopic (exact) mass is 274 g/mol. The fraction of sp³-hybridized carbons (Fsp3) is 0.200. The quantitative estimate of drug-likeness (QED) is 0.463. The van der Waals surface area contributed by atoms with E-state index in [2.05, 4.69) is 6.58 Å². The fourth-order valence-electron chi connectivity index (χ4n) is 1.26. The molecule has 8 heteroatoms. The lowest BCUT2D eigenvalue weighted by Crippen LogP contribution is -2.27. The Kier molecular flexibility index (Phi) is 4.15. The second-order valence-corrected chi connectivity index (χ2v) is 5.49. The van der Waals surface area contributed by atoms with Gasteiger partial charge in [-0.2, -0.15) is 8.70 Å². The van der Waals surface area contributed by atoms with Crippen LogP contribution in [0.25, 0.3) is 0 Å². The highest BCUT2D eigenvalue weighted by Crippen LogP contribution is 2.22. The summed E-state index contributed by atoms with van der Waals surface area (Å²) in [6.07, 6.45) is 1.37. The third-order valence-electron chi connectivity index (χ3n) is 2.21. The smallest absolute Gasteiger partial charge is 0.258 e. The first-order valence-electron chi connectivity index (χ1n) is 4.82. The number of rotatable bonds is 5. The largest absolute Gasteiger partial charge is 0.304 e. The second-order valence-electron chi connectivity index (χ2n) is 3.44. The first-order valence-corrected chi connectivity index (χ1v) is 6.26. The molecular formula is C10H11FN2O4S. The van der Waals surface area contributed by atoms with Crippen molar-refractivity contribution in [3.63, 3.8) is 0 Å². The van der Waals surface area contributed by atoms with Crippen LogP contribution in [-0.4, -0.2) is 31.2 Å². The van der Waals surface area contributed by atoms with Gasteiger partial charge in [-0.15, -0.1) is 6.58 Å². The molecule has 1 rings (SSSR count). The molecule has 0 heterocycles. The van der Waals surface area contributed by atoms with Crippen LogP contribution in [-0.2, 0) is 10.0 Å². The van der Waals surface area contributed by atoms with Gasteiger partial charge >= 0.3 is 5.69 Å². The molecule has 1 aromatic carbocycles. The van der Waals surface area contributed by atoms with Crippen LogP contribution in [0.3, 0.4) is 0 Å². The van der Waals surface area contributed by atoms with Crippen LogP contribution in [0, 0.1) is 15.9 Å². The van der Waals surface area contributed by atoms with Gasteiger partial charge in [0.15, 0.2) is 0 Å². The molecule has 0 saturated heterocycles. The maximum absolute atomic E-state index is 13.3. The molecule has 0 aliphatic carbocycles. The number of sulfonamides is 1. The first kappa shape index (κ1) is 14.3. The Hall–Kier alpha value is -1.80. The minimum absolute atomic E-state index is 0.0565. The minimum Gasteiger partial charge on any atom is -0.258 e. The van der Waals surface area contributed by atoms with Gasteiger partial charge in [-0.3, -0.25) is 10.1 Å². The average Bonchev–Trinajstić information content (AvgIpc) is 2.28. The second kappa shape index (κ2) is 5.23. The Balaban J connectivity index is 3.23. The zero-order valence-corrected chi connectivity index (χ0v) is 10.4. The summed E-state index contributed by atoms with van der Waals surface area (Å²) in [7, 11) is -2.56. The fourth-order valence-corrected chi connectivity index (χ4v) is 2.41. The zero-order valence-electron chi connectivity index (χ0n) is 9.54. The molecule has 0 aliphatic heterocycles. The van der Waals surface area contributed by atoms with Crippen molar-refractivity contribution < 1.29 is 17.7 Å². The highest BCUT2D eigenvalue weighted by molar-refractivity contribution is 7.89. The van der Waals surface area contributed by atoms with Gasteiger partial charge < -0.3 is 0 Å². The normalized spacial score (nSPS) is 11.5. The van der Waals surface area contributed by atoms with Crippen LogP contribution in [0.5, 0.6) is 0 Å². The molecule has 0 fully saturated rings. The number of hydrogen-bond acceptors (Lipinski definition) is 4. The van der Waals surface area contributed by atoms with Crippen LogP contribution in [0.2, 0.25) is 0 Å². The predicted molar refractivity (Wildman–Crippen MR) is 63.1 cm³/mol. The van der Waals surface area contributed by atoms with Crippen LogP contribution in [0.1, 0.15) is 0 Å². The van der Waals surface area contributed by atoms with Crippen molar-refractivity contribution in [1.29, 1.82) is 0 Å². The molecule has 0 amide bonds. The summed E-state index contributed by atoms with van der Waals surface area (Å²) in [6, 6.07) is 2.45. The molecule has 1 aromatic rings. The first-order chi connectivity index (χ1) is 8.30. The lowest BCUT2D eigenvalue weighted by molar-refractivity contribution is -0.387. The van der Waals surface area contributed by atoms with Crippen LogP contribution in [0.15, 0.2) is 35.7 Å². The van der Waals surface area contributed by atoms with E-state index in [1.54, 1.807) is 0 Å². The van der Waals surface area contributed by atoms with Gasteiger partial charge in [-0.25, -0.2) is 8.42 Å².